The number of nitrogens with zero attached hydrogens (tertiary/aromatic N) is 2. The number of para-hydroxylation sites is 4. The molecule has 0 spiro atoms. The van der Waals surface area contributed by atoms with Gasteiger partial charge in [-0.1, -0.05) is 210 Å². The summed E-state index contributed by atoms with van der Waals surface area (Å²) >= 11 is 0. The van der Waals surface area contributed by atoms with E-state index in [9.17, 15) is 0 Å². The monoisotopic (exact) mass is 942 g/mol. The molecule has 14 aromatic rings. The SMILES string of the molecule is CC1(C)c2cc(-c3ccc(-n4c5ccccc5c5ccccc54)c4ccccc34)ccc2-c2c1c1c(c3ccccc23)-c2ccc(-c3ccc(-n4c5ccccc5c5ccccc54)c4ccccc34)cc2C1(C)C. The topological polar surface area (TPSA) is 9.86 Å². The predicted molar refractivity (Wildman–Crippen MR) is 314 cm³/mol. The molecule has 2 aliphatic rings. The van der Waals surface area contributed by atoms with Crippen LogP contribution in [0.3, 0.4) is 0 Å². The number of hydrogen-bond donors (Lipinski definition) is 0. The van der Waals surface area contributed by atoms with E-state index in [0.29, 0.717) is 0 Å². The second-order valence-corrected chi connectivity index (χ2v) is 21.9. The van der Waals surface area contributed by atoms with E-state index in [-0.39, 0.29) is 10.8 Å². The van der Waals surface area contributed by atoms with Gasteiger partial charge in [-0.25, -0.2) is 0 Å². The first kappa shape index (κ1) is 41.6. The van der Waals surface area contributed by atoms with Crippen LogP contribution in [0.4, 0.5) is 0 Å². The molecule has 0 amide bonds. The third-order valence-corrected chi connectivity index (χ3v) is 17.5. The average Bonchev–Trinajstić information content (AvgIpc) is 4.11. The summed E-state index contributed by atoms with van der Waals surface area (Å²) in [4.78, 5) is 0. The van der Waals surface area contributed by atoms with E-state index >= 15 is 0 Å². The minimum absolute atomic E-state index is 0.269. The van der Waals surface area contributed by atoms with E-state index in [0.717, 1.165) is 0 Å². The van der Waals surface area contributed by atoms with Crippen LogP contribution >= 0.6 is 0 Å². The lowest BCUT2D eigenvalue weighted by Gasteiger charge is -2.31. The van der Waals surface area contributed by atoms with Crippen molar-refractivity contribution in [3.8, 4) is 55.9 Å². The highest BCUT2D eigenvalue weighted by Gasteiger charge is 2.47. The lowest BCUT2D eigenvalue weighted by Crippen LogP contribution is -2.24. The van der Waals surface area contributed by atoms with Gasteiger partial charge in [0.2, 0.25) is 0 Å². The molecule has 2 heterocycles. The zero-order valence-electron chi connectivity index (χ0n) is 41.8. The van der Waals surface area contributed by atoms with E-state index in [1.54, 1.807) is 0 Å². The maximum Gasteiger partial charge on any atom is 0.0541 e. The normalized spacial score (nSPS) is 14.2. The highest BCUT2D eigenvalue weighted by atomic mass is 15.0. The number of rotatable bonds is 4. The molecule has 2 nitrogen and oxygen atoms in total. The molecule has 0 radical (unpaired) electrons. The number of benzene rings is 12. The van der Waals surface area contributed by atoms with Crippen molar-refractivity contribution in [1.82, 2.24) is 9.13 Å². The minimum Gasteiger partial charge on any atom is -0.309 e. The number of aromatic nitrogens is 2. The van der Waals surface area contributed by atoms with Gasteiger partial charge in [-0.05, 0) is 137 Å². The Hall–Kier alpha value is -8.98. The zero-order chi connectivity index (χ0) is 49.2. The predicted octanol–water partition coefficient (Wildman–Crippen LogP) is 19.3. The van der Waals surface area contributed by atoms with Crippen molar-refractivity contribution >= 4 is 75.9 Å². The van der Waals surface area contributed by atoms with Crippen LogP contribution in [0.15, 0.2) is 231 Å². The molecule has 16 rings (SSSR count). The molecule has 2 aliphatic carbocycles. The van der Waals surface area contributed by atoms with Gasteiger partial charge in [0.1, 0.15) is 0 Å². The quantitative estimate of drug-likeness (QED) is 0.166. The van der Waals surface area contributed by atoms with Gasteiger partial charge in [-0.2, -0.15) is 0 Å². The summed E-state index contributed by atoms with van der Waals surface area (Å²) in [6.07, 6.45) is 0. The smallest absolute Gasteiger partial charge is 0.0541 e. The molecule has 74 heavy (non-hydrogen) atoms. The highest BCUT2D eigenvalue weighted by Crippen LogP contribution is 2.63. The first-order valence-corrected chi connectivity index (χ1v) is 26.2. The van der Waals surface area contributed by atoms with Gasteiger partial charge in [-0.3, -0.25) is 0 Å². The third-order valence-electron chi connectivity index (χ3n) is 17.5. The van der Waals surface area contributed by atoms with E-state index in [1.165, 1.54) is 154 Å². The lowest BCUT2D eigenvalue weighted by molar-refractivity contribution is 0.602. The highest BCUT2D eigenvalue weighted by molar-refractivity contribution is 6.16. The summed E-state index contributed by atoms with van der Waals surface area (Å²) in [6.45, 7) is 9.93. The Balaban J connectivity index is 0.842. The Labute approximate surface area is 430 Å². The molecule has 2 aromatic heterocycles. The van der Waals surface area contributed by atoms with Gasteiger partial charge in [0.25, 0.3) is 0 Å². The van der Waals surface area contributed by atoms with Crippen LogP contribution in [0.2, 0.25) is 0 Å². The van der Waals surface area contributed by atoms with Crippen molar-refractivity contribution in [2.45, 2.75) is 38.5 Å². The molecule has 0 bridgehead atoms. The van der Waals surface area contributed by atoms with Crippen LogP contribution in [0.1, 0.15) is 49.9 Å². The third kappa shape index (κ3) is 5.39. The van der Waals surface area contributed by atoms with Crippen molar-refractivity contribution in [3.05, 3.63) is 253 Å². The van der Waals surface area contributed by atoms with Crippen LogP contribution < -0.4 is 0 Å². The Morgan fingerprint density at radius 1 is 0.257 bits per heavy atom. The first-order valence-electron chi connectivity index (χ1n) is 26.2. The first-order chi connectivity index (χ1) is 36.3. The maximum atomic E-state index is 2.53. The molecular formula is C72H50N2. The molecule has 0 saturated heterocycles. The Morgan fingerprint density at radius 3 is 0.892 bits per heavy atom. The summed E-state index contributed by atoms with van der Waals surface area (Å²) < 4.78 is 4.92. The van der Waals surface area contributed by atoms with E-state index < -0.39 is 0 Å². The van der Waals surface area contributed by atoms with Gasteiger partial charge in [0.15, 0.2) is 0 Å². The maximum absolute atomic E-state index is 2.53. The Bertz CT molecular complexity index is 4370. The molecule has 0 aliphatic heterocycles. The fraction of sp³-hybridized carbons (Fsp3) is 0.0833. The summed E-state index contributed by atoms with van der Waals surface area (Å²) in [5, 5.41) is 12.8. The summed E-state index contributed by atoms with van der Waals surface area (Å²) in [7, 11) is 0. The van der Waals surface area contributed by atoms with Crippen LogP contribution in [0.25, 0.3) is 132 Å². The number of fused-ring (bicyclic) bond motifs is 18. The van der Waals surface area contributed by atoms with E-state index in [1.807, 2.05) is 0 Å². The summed E-state index contributed by atoms with van der Waals surface area (Å²) in [5.41, 5.74) is 23.0. The largest absolute Gasteiger partial charge is 0.309 e. The van der Waals surface area contributed by atoms with E-state index in [4.69, 9.17) is 0 Å². The number of hydrogen-bond acceptors (Lipinski definition) is 0. The van der Waals surface area contributed by atoms with Gasteiger partial charge in [-0.15, -0.1) is 0 Å². The summed E-state index contributed by atoms with van der Waals surface area (Å²) in [5.74, 6) is 0. The van der Waals surface area contributed by atoms with Crippen molar-refractivity contribution in [2.75, 3.05) is 0 Å². The minimum atomic E-state index is -0.269. The van der Waals surface area contributed by atoms with Crippen molar-refractivity contribution in [2.24, 2.45) is 0 Å². The van der Waals surface area contributed by atoms with Gasteiger partial charge < -0.3 is 9.13 Å². The summed E-state index contributed by atoms with van der Waals surface area (Å²) in [6, 6.07) is 86.6. The molecular weight excluding hydrogens is 893 g/mol. The Kier molecular flexibility index (Phi) is 8.33. The second-order valence-electron chi connectivity index (χ2n) is 21.9. The molecule has 0 N–H and O–H groups in total. The molecule has 0 fully saturated rings. The average molecular weight is 943 g/mol. The van der Waals surface area contributed by atoms with Gasteiger partial charge in [0, 0.05) is 43.1 Å². The van der Waals surface area contributed by atoms with Crippen molar-refractivity contribution in [1.29, 1.82) is 0 Å². The lowest BCUT2D eigenvalue weighted by atomic mass is 9.71. The Morgan fingerprint density at radius 2 is 0.541 bits per heavy atom. The molecule has 0 unspecified atom stereocenters. The van der Waals surface area contributed by atoms with Crippen LogP contribution in [0, 0.1) is 0 Å². The van der Waals surface area contributed by atoms with Crippen LogP contribution in [0.5, 0.6) is 0 Å². The van der Waals surface area contributed by atoms with Crippen molar-refractivity contribution < 1.29 is 0 Å². The fourth-order valence-corrected chi connectivity index (χ4v) is 14.2. The van der Waals surface area contributed by atoms with Crippen LogP contribution in [-0.4, -0.2) is 9.13 Å². The standard InChI is InChI=1S/C72H50N2/c1-71(2)59-41-43(45-37-39-65(49-21-7-5-19-47(45)49)73-61-29-15-11-23-51(61)52-24-12-16-30-62(52)73)33-35-57(59)67-55-27-9-10-28-56(55)68-58-36-34-44(42-60(58)72(3,4)70(68)69(67)71)46-38-40-66(50-22-8-6-20-48(46)50)74-63-31-17-13-25-53(63)54-26-14-18-32-64(54)74/h5-42H,1-4H3. The molecule has 12 aromatic carbocycles. The van der Waals surface area contributed by atoms with Crippen LogP contribution in [-0.2, 0) is 10.8 Å². The van der Waals surface area contributed by atoms with Crippen molar-refractivity contribution in [3.63, 3.8) is 0 Å². The second kappa shape index (κ2) is 14.8. The van der Waals surface area contributed by atoms with E-state index in [2.05, 4.69) is 267 Å². The molecule has 348 valence electrons. The molecule has 0 saturated carbocycles. The van der Waals surface area contributed by atoms with Gasteiger partial charge in [0.05, 0.1) is 33.4 Å². The molecule has 0 atom stereocenters. The molecule has 2 heteroatoms. The fourth-order valence-electron chi connectivity index (χ4n) is 14.2. The van der Waals surface area contributed by atoms with Gasteiger partial charge >= 0.3 is 0 Å². The zero-order valence-corrected chi connectivity index (χ0v) is 41.8.